The summed E-state index contributed by atoms with van der Waals surface area (Å²) in [6.45, 7) is 23.3. The minimum atomic E-state index is -5.67. The molecule has 0 unspecified atom stereocenters. The molecule has 0 aromatic heterocycles. The van der Waals surface area contributed by atoms with Crippen molar-refractivity contribution >= 4 is 82.9 Å². The molecule has 3 atom stereocenters. The predicted molar refractivity (Wildman–Crippen MR) is 291 cm³/mol. The molecule has 5 aliphatic rings. The molecule has 0 fully saturated rings. The predicted octanol–water partition coefficient (Wildman–Crippen LogP) is 11.7. The van der Waals surface area contributed by atoms with Gasteiger partial charge in [-0.1, -0.05) is 68.7 Å². The normalized spacial score (nSPS) is 19.0. The fourth-order valence-electron chi connectivity index (χ4n) is 7.31. The number of rotatable bonds is 7. The van der Waals surface area contributed by atoms with Gasteiger partial charge in [0, 0.05) is 160 Å². The fraction of sp³-hybridized carbons (Fsp3) is 0.444. The molecule has 0 saturated carbocycles. The molecule has 0 aliphatic carbocycles. The number of halogens is 4. The summed E-state index contributed by atoms with van der Waals surface area (Å²) < 4.78 is 75.3. The summed E-state index contributed by atoms with van der Waals surface area (Å²) >= 11 is 1.48. The number of carbonyl (C=O) groups is 2. The van der Waals surface area contributed by atoms with Crippen LogP contribution >= 0.6 is 15.9 Å². The molecule has 0 saturated heterocycles. The van der Waals surface area contributed by atoms with Crippen LogP contribution in [-0.2, 0) is 136 Å². The van der Waals surface area contributed by atoms with Gasteiger partial charge in [-0.2, -0.15) is 21.6 Å². The zero-order valence-electron chi connectivity index (χ0n) is 45.8. The summed E-state index contributed by atoms with van der Waals surface area (Å²) in [5, 5.41) is 12.1. The minimum Gasteiger partial charge on any atom is -0.444 e. The maximum absolute atomic E-state index is 12.2. The molecule has 78 heavy (non-hydrogen) atoms. The van der Waals surface area contributed by atoms with Crippen molar-refractivity contribution in [2.75, 3.05) is 26.2 Å². The van der Waals surface area contributed by atoms with E-state index in [1.54, 1.807) is 29.3 Å². The molecule has 8 rings (SSSR count). The first-order chi connectivity index (χ1) is 34.9. The molecule has 0 N–H and O–H groups in total. The van der Waals surface area contributed by atoms with Crippen molar-refractivity contribution in [1.82, 2.24) is 9.80 Å². The quantitative estimate of drug-likeness (QED) is 0.0961. The average molecular weight is 1500 g/mol. The van der Waals surface area contributed by atoms with E-state index in [4.69, 9.17) is 24.0 Å². The van der Waals surface area contributed by atoms with Gasteiger partial charge in [0.2, 0.25) is 0 Å². The third kappa shape index (κ3) is 23.8. The molecule has 24 heteroatoms. The molecule has 5 heterocycles. The summed E-state index contributed by atoms with van der Waals surface area (Å²) in [7, 11) is -5.67. The second-order valence-electron chi connectivity index (χ2n) is 21.1. The smallest absolute Gasteiger partial charge is 0.410 e. The van der Waals surface area contributed by atoms with Gasteiger partial charge < -0.3 is 47.0 Å². The molecule has 419 valence electrons. The second-order valence-corrected chi connectivity index (χ2v) is 38.0. The van der Waals surface area contributed by atoms with Gasteiger partial charge in [-0.15, -0.1) is 0 Å². The Kier molecular flexibility index (Phi) is 29.4. The van der Waals surface area contributed by atoms with E-state index in [9.17, 15) is 31.2 Å². The van der Waals surface area contributed by atoms with Crippen LogP contribution in [0.4, 0.5) is 22.8 Å². The van der Waals surface area contributed by atoms with E-state index in [1.807, 2.05) is 45.0 Å². The van der Waals surface area contributed by atoms with Crippen LogP contribution in [0.2, 0.25) is 14.8 Å². The Morgan fingerprint density at radius 1 is 0.615 bits per heavy atom. The number of ether oxygens (including phenoxy) is 2. The first-order valence-corrected chi connectivity index (χ1v) is 36.5. The van der Waals surface area contributed by atoms with Crippen molar-refractivity contribution in [1.29, 1.82) is 0 Å². The van der Waals surface area contributed by atoms with Crippen molar-refractivity contribution in [2.24, 2.45) is 15.5 Å². The van der Waals surface area contributed by atoms with Crippen molar-refractivity contribution < 1.29 is 157 Å². The topological polar surface area (TPSA) is 167 Å². The Morgan fingerprint density at radius 3 is 1.28 bits per heavy atom. The van der Waals surface area contributed by atoms with E-state index < -0.39 is 51.3 Å². The monoisotopic (exact) mass is 1500 g/mol. The second kappa shape index (κ2) is 31.8. The maximum atomic E-state index is 12.2. The Labute approximate surface area is 546 Å². The third-order valence-electron chi connectivity index (χ3n) is 11.2. The van der Waals surface area contributed by atoms with Crippen LogP contribution in [0.15, 0.2) is 111 Å². The van der Waals surface area contributed by atoms with Gasteiger partial charge in [0.1, 0.15) is 17.0 Å². The fourth-order valence-corrected chi connectivity index (χ4v) is 11.4. The summed E-state index contributed by atoms with van der Waals surface area (Å²) in [6.07, 6.45) is 5.23. The van der Waals surface area contributed by atoms with Crippen molar-refractivity contribution in [3.63, 3.8) is 0 Å². The van der Waals surface area contributed by atoms with E-state index in [0.29, 0.717) is 13.1 Å². The van der Waals surface area contributed by atoms with Gasteiger partial charge in [-0.3, -0.25) is 0 Å². The van der Waals surface area contributed by atoms with Crippen LogP contribution in [0.25, 0.3) is 5.57 Å². The summed E-state index contributed by atoms with van der Waals surface area (Å²) in [4.78, 5) is 49.3. The average Bonchev–Trinajstić information content (AvgIpc) is 4.09. The van der Waals surface area contributed by atoms with Crippen molar-refractivity contribution in [3.05, 3.63) is 138 Å². The Hall–Kier alpha value is -1.78. The molecular weight excluding hydrogens is 1430 g/mol. The van der Waals surface area contributed by atoms with Crippen molar-refractivity contribution in [2.45, 2.75) is 123 Å². The van der Waals surface area contributed by atoms with E-state index in [1.165, 1.54) is 21.6 Å². The number of oxime groups is 3. The number of alkyl halides is 3. The van der Waals surface area contributed by atoms with E-state index in [0.717, 1.165) is 64.5 Å². The van der Waals surface area contributed by atoms with Crippen LogP contribution in [0.5, 0.6) is 0 Å². The number of benzene rings is 3. The van der Waals surface area contributed by atoms with E-state index in [2.05, 4.69) is 126 Å². The molecular formula is C54H68BrF3N5O10SSnY3-3. The Balaban J connectivity index is 0.000000360. The molecule has 3 radical (unpaired) electrons. The SMILES string of the molecule is CC(C)(C)OC(=O)N1CC=C(OS(=O)(=O)C(F)(F)F)CC1.[CH2-][C@@H]1CC(c2cc[c]([Sn]([CH3])([CH3])[CH3])cc2)=NO1.[CH2-][C@@H]1CC(c2ccc(Br)cc2)=NO1.[CH2-][C@@H]1CC(c2ccc(C3=CCN(C(=O)OC(C)(C)C)CC3)cc2)=NO1.[Y].[Y].[Y]. The van der Waals surface area contributed by atoms with Crippen molar-refractivity contribution in [3.8, 4) is 0 Å². The molecule has 2 amide bonds. The van der Waals surface area contributed by atoms with Gasteiger partial charge in [0.15, 0.2) is 0 Å². The van der Waals surface area contributed by atoms with Crippen LogP contribution in [0, 0.1) is 20.8 Å². The molecule has 3 aromatic carbocycles. The molecule has 0 spiro atoms. The first-order valence-electron chi connectivity index (χ1n) is 24.4. The van der Waals surface area contributed by atoms with E-state index in [-0.39, 0.29) is 148 Å². The van der Waals surface area contributed by atoms with Gasteiger partial charge in [-0.05, 0) is 88.4 Å². The summed E-state index contributed by atoms with van der Waals surface area (Å²) in [5.74, 6) is -0.341. The Morgan fingerprint density at radius 2 is 0.974 bits per heavy atom. The van der Waals surface area contributed by atoms with E-state index >= 15 is 0 Å². The van der Waals surface area contributed by atoms with Crippen LogP contribution in [0.3, 0.4) is 0 Å². The van der Waals surface area contributed by atoms with Crippen LogP contribution in [-0.4, -0.2) is 127 Å². The number of hydrogen-bond donors (Lipinski definition) is 0. The molecule has 3 aromatic rings. The van der Waals surface area contributed by atoms with Gasteiger partial charge >= 0.3 is 130 Å². The summed E-state index contributed by atoms with van der Waals surface area (Å²) in [6, 6.07) is 25.2. The van der Waals surface area contributed by atoms with Crippen LogP contribution < -0.4 is 3.58 Å². The minimum absolute atomic E-state index is 0. The maximum Gasteiger partial charge on any atom is 0.410 e. The Bertz CT molecular complexity index is 2730. The third-order valence-corrected chi connectivity index (χ3v) is 18.7. The van der Waals surface area contributed by atoms with Gasteiger partial charge in [0.25, 0.3) is 0 Å². The zero-order chi connectivity index (χ0) is 55.5. The first kappa shape index (κ1) is 72.3. The van der Waals surface area contributed by atoms with Crippen LogP contribution in [0.1, 0.15) is 95.9 Å². The number of amides is 2. The molecule has 15 nitrogen and oxygen atoms in total. The number of hydrogen-bond acceptors (Lipinski definition) is 13. The number of carbonyl (C=O) groups excluding carboxylic acids is 2. The van der Waals surface area contributed by atoms with Gasteiger partial charge in [-0.25, -0.2) is 9.59 Å². The largest absolute Gasteiger partial charge is 0.444 e. The van der Waals surface area contributed by atoms with Gasteiger partial charge in [0.05, 0.1) is 11.4 Å². The zero-order valence-corrected chi connectivity index (χ0v) is 59.5. The number of nitrogens with zero attached hydrogens (tertiary/aromatic N) is 5. The summed E-state index contributed by atoms with van der Waals surface area (Å²) in [5.41, 5.74) is 2.10. The standard InChI is InChI=1S/C20H25N2O3.C11H16F3NO5S.C10H9BrNO.C10H9NO.3CH3.Sn.3Y/c1-14-13-18(21-25-14)17-7-5-15(6-8-17)16-9-11-22(12-10-16)19(23)24-20(2,3)4;1-10(2,3)19-9(16)15-6-4-8(5-7-15)20-21(17,18)11(12,13)14;1-7-6-10(12-13-7)8-2-4-9(11)5-3-8;1-8-7-10(11-12-8)9-5-3-2-4-6-9;;;;;;;/h5-9,14H,1,10-13H2,2-4H3;4H,5-7H2,1-3H3;2-5,7H,1,6H2;3-6,8H,1,7H2;3*1H3;;;;/q-1;;2*-1;;;;;;;/t14-;;7-;8-;;;;;;;/m1.11......./s1. The molecule has 5 aliphatic heterocycles. The molecule has 0 bridgehead atoms.